The van der Waals surface area contributed by atoms with Crippen LogP contribution < -0.4 is 9.46 Å². The maximum absolute atomic E-state index is 12.4. The Morgan fingerprint density at radius 1 is 1.05 bits per heavy atom. The summed E-state index contributed by atoms with van der Waals surface area (Å²) in [6.07, 6.45) is 0. The topological polar surface area (TPSA) is 38.3 Å². The minimum atomic E-state index is -1.10. The molecule has 0 aliphatic heterocycles. The molecule has 114 valence electrons. The highest BCUT2D eigenvalue weighted by Crippen LogP contribution is 2.34. The third-order valence-corrected chi connectivity index (χ3v) is 4.66. The van der Waals surface area contributed by atoms with E-state index in [1.165, 1.54) is 0 Å². The largest absolute Gasteiger partial charge is 0.497 e. The van der Waals surface area contributed by atoms with E-state index in [1.54, 1.807) is 7.11 Å². The van der Waals surface area contributed by atoms with Gasteiger partial charge in [-0.2, -0.15) is 0 Å². The summed E-state index contributed by atoms with van der Waals surface area (Å²) in [5.74, 6) is 0.832. The average Bonchev–Trinajstić information content (AvgIpc) is 2.33. The molecular formula is C16H27NO2S. The van der Waals surface area contributed by atoms with Gasteiger partial charge in [0.05, 0.1) is 22.8 Å². The first kappa shape index (κ1) is 17.2. The van der Waals surface area contributed by atoms with E-state index in [-0.39, 0.29) is 16.2 Å². The summed E-state index contributed by atoms with van der Waals surface area (Å²) >= 11 is 0. The van der Waals surface area contributed by atoms with E-state index < -0.39 is 11.0 Å². The molecule has 20 heavy (non-hydrogen) atoms. The van der Waals surface area contributed by atoms with Gasteiger partial charge in [-0.05, 0) is 43.9 Å². The summed E-state index contributed by atoms with van der Waals surface area (Å²) in [6, 6.07) is 7.96. The zero-order valence-corrected chi connectivity index (χ0v) is 14.4. The quantitative estimate of drug-likeness (QED) is 0.917. The molecule has 0 fully saturated rings. The molecule has 0 saturated heterocycles. The van der Waals surface area contributed by atoms with Crippen molar-refractivity contribution in [3.05, 3.63) is 29.8 Å². The highest BCUT2D eigenvalue weighted by atomic mass is 32.2. The Labute approximate surface area is 125 Å². The molecule has 2 atom stereocenters. The lowest BCUT2D eigenvalue weighted by Crippen LogP contribution is -2.40. The number of rotatable bonds is 4. The van der Waals surface area contributed by atoms with Crippen LogP contribution >= 0.6 is 0 Å². The second-order valence-corrected chi connectivity index (χ2v) is 9.07. The molecule has 3 nitrogen and oxygen atoms in total. The first-order valence-electron chi connectivity index (χ1n) is 6.87. The third kappa shape index (κ3) is 4.60. The number of nitrogens with one attached hydrogen (secondary N) is 1. The zero-order chi connectivity index (χ0) is 15.6. The Bertz CT molecular complexity index is 455. The molecule has 0 radical (unpaired) electrons. The van der Waals surface area contributed by atoms with E-state index in [0.717, 1.165) is 11.3 Å². The lowest BCUT2D eigenvalue weighted by Gasteiger charge is -2.34. The SMILES string of the molecule is COc1ccc([C@H](N[S@@](=O)C(C)(C)C)C(C)(C)C)cc1. The van der Waals surface area contributed by atoms with Crippen molar-refractivity contribution in [2.24, 2.45) is 5.41 Å². The van der Waals surface area contributed by atoms with Crippen molar-refractivity contribution in [1.29, 1.82) is 0 Å². The fourth-order valence-corrected chi connectivity index (χ4v) is 2.88. The van der Waals surface area contributed by atoms with Crippen LogP contribution in [0.1, 0.15) is 53.1 Å². The molecule has 0 aliphatic rings. The van der Waals surface area contributed by atoms with Gasteiger partial charge in [-0.15, -0.1) is 0 Å². The molecule has 0 bridgehead atoms. The van der Waals surface area contributed by atoms with Crippen LogP contribution in [0, 0.1) is 5.41 Å². The van der Waals surface area contributed by atoms with Crippen molar-refractivity contribution >= 4 is 11.0 Å². The molecule has 0 aromatic heterocycles. The van der Waals surface area contributed by atoms with Crippen LogP contribution in [0.5, 0.6) is 5.75 Å². The molecule has 0 heterocycles. The van der Waals surface area contributed by atoms with Crippen molar-refractivity contribution in [2.45, 2.75) is 52.3 Å². The molecule has 1 rings (SSSR count). The third-order valence-electron chi connectivity index (χ3n) is 3.10. The number of ether oxygens (including phenoxy) is 1. The van der Waals surface area contributed by atoms with Gasteiger partial charge in [-0.3, -0.25) is 0 Å². The van der Waals surface area contributed by atoms with E-state index in [2.05, 4.69) is 25.5 Å². The highest BCUT2D eigenvalue weighted by Gasteiger charge is 2.31. The number of hydrogen-bond acceptors (Lipinski definition) is 2. The molecule has 1 N–H and O–H groups in total. The predicted molar refractivity (Wildman–Crippen MR) is 86.2 cm³/mol. The zero-order valence-electron chi connectivity index (χ0n) is 13.6. The fraction of sp³-hybridized carbons (Fsp3) is 0.625. The van der Waals surface area contributed by atoms with Crippen LogP contribution in [-0.2, 0) is 11.0 Å². The van der Waals surface area contributed by atoms with Crippen molar-refractivity contribution < 1.29 is 8.95 Å². The van der Waals surface area contributed by atoms with E-state index in [1.807, 2.05) is 45.0 Å². The van der Waals surface area contributed by atoms with Crippen molar-refractivity contribution in [3.63, 3.8) is 0 Å². The molecule has 0 aliphatic carbocycles. The smallest absolute Gasteiger partial charge is 0.118 e. The van der Waals surface area contributed by atoms with Gasteiger partial charge in [0.2, 0.25) is 0 Å². The highest BCUT2D eigenvalue weighted by molar-refractivity contribution is 7.84. The monoisotopic (exact) mass is 297 g/mol. The normalized spacial score (nSPS) is 15.8. The Hall–Kier alpha value is -0.870. The van der Waals surface area contributed by atoms with Crippen molar-refractivity contribution in [2.75, 3.05) is 7.11 Å². The van der Waals surface area contributed by atoms with Gasteiger partial charge in [0.1, 0.15) is 5.75 Å². The standard InChI is InChI=1S/C16H27NO2S/c1-15(2,3)14(17-20(18)16(4,5)6)12-8-10-13(19-7)11-9-12/h8-11,14,17H,1-7H3/t14-,20-/m0/s1. The molecule has 1 aromatic rings. The Morgan fingerprint density at radius 3 is 1.90 bits per heavy atom. The fourth-order valence-electron chi connectivity index (χ4n) is 1.82. The second kappa shape index (κ2) is 6.27. The number of benzene rings is 1. The van der Waals surface area contributed by atoms with Gasteiger partial charge in [-0.1, -0.05) is 32.9 Å². The molecule has 1 aromatic carbocycles. The van der Waals surface area contributed by atoms with Crippen LogP contribution in [0.15, 0.2) is 24.3 Å². The molecule has 0 amide bonds. The maximum Gasteiger partial charge on any atom is 0.118 e. The van der Waals surface area contributed by atoms with E-state index >= 15 is 0 Å². The summed E-state index contributed by atoms with van der Waals surface area (Å²) < 4.78 is 20.6. The van der Waals surface area contributed by atoms with Gasteiger partial charge in [0, 0.05) is 6.04 Å². The van der Waals surface area contributed by atoms with Gasteiger partial charge >= 0.3 is 0 Å². The Balaban J connectivity index is 3.04. The van der Waals surface area contributed by atoms with E-state index in [9.17, 15) is 4.21 Å². The minimum Gasteiger partial charge on any atom is -0.497 e. The average molecular weight is 297 g/mol. The lowest BCUT2D eigenvalue weighted by atomic mass is 9.83. The molecular weight excluding hydrogens is 270 g/mol. The lowest BCUT2D eigenvalue weighted by molar-refractivity contribution is 0.306. The Morgan fingerprint density at radius 2 is 1.55 bits per heavy atom. The summed E-state index contributed by atoms with van der Waals surface area (Å²) in [5.41, 5.74) is 1.09. The van der Waals surface area contributed by atoms with Gasteiger partial charge < -0.3 is 4.74 Å². The van der Waals surface area contributed by atoms with Crippen molar-refractivity contribution in [1.82, 2.24) is 4.72 Å². The molecule has 0 saturated carbocycles. The van der Waals surface area contributed by atoms with Crippen molar-refractivity contribution in [3.8, 4) is 5.75 Å². The summed E-state index contributed by atoms with van der Waals surface area (Å²) in [7, 11) is 0.553. The van der Waals surface area contributed by atoms with Crippen LogP contribution in [0.3, 0.4) is 0 Å². The molecule has 4 heteroatoms. The predicted octanol–water partition coefficient (Wildman–Crippen LogP) is 3.83. The van der Waals surface area contributed by atoms with Crippen LogP contribution in [-0.4, -0.2) is 16.1 Å². The van der Waals surface area contributed by atoms with Crippen LogP contribution in [0.25, 0.3) is 0 Å². The first-order chi connectivity index (χ1) is 9.05. The second-order valence-electron chi connectivity index (χ2n) is 7.07. The summed E-state index contributed by atoms with van der Waals surface area (Å²) in [6.45, 7) is 12.4. The van der Waals surface area contributed by atoms with E-state index in [4.69, 9.17) is 4.74 Å². The summed E-state index contributed by atoms with van der Waals surface area (Å²) in [5, 5.41) is 0. The first-order valence-corrected chi connectivity index (χ1v) is 8.02. The Kier molecular flexibility index (Phi) is 5.39. The van der Waals surface area contributed by atoms with E-state index in [0.29, 0.717) is 0 Å². The number of hydrogen-bond donors (Lipinski definition) is 1. The van der Waals surface area contributed by atoms with Gasteiger partial charge in [0.25, 0.3) is 0 Å². The maximum atomic E-state index is 12.4. The molecule has 0 unspecified atom stereocenters. The van der Waals surface area contributed by atoms with Gasteiger partial charge in [-0.25, -0.2) is 8.93 Å². The molecule has 0 spiro atoms. The minimum absolute atomic E-state index is 0.0217. The number of methoxy groups -OCH3 is 1. The summed E-state index contributed by atoms with van der Waals surface area (Å²) in [4.78, 5) is 0. The van der Waals surface area contributed by atoms with Crippen LogP contribution in [0.2, 0.25) is 0 Å². The van der Waals surface area contributed by atoms with Gasteiger partial charge in [0.15, 0.2) is 0 Å². The van der Waals surface area contributed by atoms with Crippen LogP contribution in [0.4, 0.5) is 0 Å².